The van der Waals surface area contributed by atoms with Crippen LogP contribution in [0.2, 0.25) is 0 Å². The Morgan fingerprint density at radius 1 is 1.24 bits per heavy atom. The van der Waals surface area contributed by atoms with Gasteiger partial charge in [-0.3, -0.25) is 5.10 Å². The average Bonchev–Trinajstić information content (AvgIpc) is 3.15. The highest BCUT2D eigenvalue weighted by molar-refractivity contribution is 7.98. The third-order valence-corrected chi connectivity index (χ3v) is 3.60. The molecule has 0 saturated carbocycles. The summed E-state index contributed by atoms with van der Waals surface area (Å²) < 4.78 is 5.17. The monoisotopic (exact) mass is 301 g/mol. The van der Waals surface area contributed by atoms with Gasteiger partial charge in [-0.1, -0.05) is 42.1 Å². The molecule has 2 N–H and O–H groups in total. The number of furan rings is 1. The number of nitrogens with one attached hydrogen (secondary N) is 1. The molecule has 2 aromatic heterocycles. The molecule has 21 heavy (non-hydrogen) atoms. The quantitative estimate of drug-likeness (QED) is 0.704. The molecule has 0 amide bonds. The molecule has 106 valence electrons. The summed E-state index contributed by atoms with van der Waals surface area (Å²) in [7, 11) is 0. The fraction of sp³-hybridized carbons (Fsp3) is 0.0714. The third kappa shape index (κ3) is 3.14. The summed E-state index contributed by atoms with van der Waals surface area (Å²) in [6, 6.07) is 12.8. The zero-order chi connectivity index (χ0) is 14.7. The van der Waals surface area contributed by atoms with Crippen molar-refractivity contribution in [2.45, 2.75) is 10.9 Å². The highest BCUT2D eigenvalue weighted by atomic mass is 32.2. The SMILES string of the molecule is O=C(O)c1ccc(CSc2n[nH]c(-c3ccccc3)n2)o1. The van der Waals surface area contributed by atoms with Gasteiger partial charge in [0.1, 0.15) is 5.76 Å². The number of thioether (sulfide) groups is 1. The normalized spacial score (nSPS) is 10.7. The molecule has 0 unspecified atom stereocenters. The zero-order valence-electron chi connectivity index (χ0n) is 10.8. The number of carbonyl (C=O) groups is 1. The summed E-state index contributed by atoms with van der Waals surface area (Å²) in [6.45, 7) is 0. The number of aromatic carboxylic acids is 1. The number of hydrogen-bond acceptors (Lipinski definition) is 5. The molecular weight excluding hydrogens is 290 g/mol. The van der Waals surface area contributed by atoms with Crippen molar-refractivity contribution in [1.82, 2.24) is 15.2 Å². The van der Waals surface area contributed by atoms with Crippen molar-refractivity contribution in [3.05, 3.63) is 54.0 Å². The number of rotatable bonds is 5. The van der Waals surface area contributed by atoms with Gasteiger partial charge in [-0.2, -0.15) is 0 Å². The predicted molar refractivity (Wildman–Crippen MR) is 77.0 cm³/mol. The maximum absolute atomic E-state index is 10.7. The van der Waals surface area contributed by atoms with Gasteiger partial charge in [0, 0.05) is 5.56 Å². The van der Waals surface area contributed by atoms with E-state index < -0.39 is 5.97 Å². The number of H-pyrrole nitrogens is 1. The Hall–Kier alpha value is -2.54. The average molecular weight is 301 g/mol. The largest absolute Gasteiger partial charge is 0.475 e. The van der Waals surface area contributed by atoms with E-state index in [9.17, 15) is 4.79 Å². The van der Waals surface area contributed by atoms with Crippen LogP contribution in [-0.2, 0) is 5.75 Å². The molecule has 3 aromatic rings. The van der Waals surface area contributed by atoms with E-state index in [1.54, 1.807) is 6.07 Å². The van der Waals surface area contributed by atoms with Crippen LogP contribution in [0.25, 0.3) is 11.4 Å². The number of carboxylic acid groups (broad SMARTS) is 1. The minimum Gasteiger partial charge on any atom is -0.475 e. The predicted octanol–water partition coefficient (Wildman–Crippen LogP) is 3.06. The fourth-order valence-electron chi connectivity index (χ4n) is 1.74. The Balaban J connectivity index is 1.66. The Kier molecular flexibility index (Phi) is 3.74. The summed E-state index contributed by atoms with van der Waals surface area (Å²) in [5, 5.41) is 16.4. The maximum atomic E-state index is 10.7. The summed E-state index contributed by atoms with van der Waals surface area (Å²) in [5.41, 5.74) is 0.961. The van der Waals surface area contributed by atoms with Crippen molar-refractivity contribution in [2.24, 2.45) is 0 Å². The highest BCUT2D eigenvalue weighted by Crippen LogP contribution is 2.23. The van der Waals surface area contributed by atoms with Crippen LogP contribution >= 0.6 is 11.8 Å². The van der Waals surface area contributed by atoms with E-state index in [2.05, 4.69) is 15.2 Å². The lowest BCUT2D eigenvalue weighted by Gasteiger charge is -1.94. The molecule has 3 rings (SSSR count). The van der Waals surface area contributed by atoms with E-state index in [0.29, 0.717) is 22.5 Å². The number of aromatic amines is 1. The van der Waals surface area contributed by atoms with Crippen LogP contribution in [-0.4, -0.2) is 26.3 Å². The topological polar surface area (TPSA) is 92.0 Å². The molecule has 0 aliphatic rings. The van der Waals surface area contributed by atoms with Gasteiger partial charge in [-0.15, -0.1) is 5.10 Å². The van der Waals surface area contributed by atoms with Crippen LogP contribution in [0.1, 0.15) is 16.3 Å². The van der Waals surface area contributed by atoms with E-state index in [-0.39, 0.29) is 5.76 Å². The second-order valence-electron chi connectivity index (χ2n) is 4.19. The maximum Gasteiger partial charge on any atom is 0.371 e. The molecule has 2 heterocycles. The third-order valence-electron chi connectivity index (χ3n) is 2.73. The fourth-order valence-corrected chi connectivity index (χ4v) is 2.43. The molecule has 0 saturated heterocycles. The van der Waals surface area contributed by atoms with Crippen molar-refractivity contribution in [3.63, 3.8) is 0 Å². The molecule has 0 atom stereocenters. The molecular formula is C14H11N3O3S. The van der Waals surface area contributed by atoms with Gasteiger partial charge < -0.3 is 9.52 Å². The smallest absolute Gasteiger partial charge is 0.371 e. The van der Waals surface area contributed by atoms with E-state index in [4.69, 9.17) is 9.52 Å². The van der Waals surface area contributed by atoms with Crippen LogP contribution in [0.15, 0.2) is 52.0 Å². The van der Waals surface area contributed by atoms with Crippen LogP contribution in [0.4, 0.5) is 0 Å². The molecule has 1 aromatic carbocycles. The van der Waals surface area contributed by atoms with Crippen molar-refractivity contribution >= 4 is 17.7 Å². The van der Waals surface area contributed by atoms with Crippen LogP contribution in [0, 0.1) is 0 Å². The van der Waals surface area contributed by atoms with E-state index in [1.165, 1.54) is 17.8 Å². The van der Waals surface area contributed by atoms with Gasteiger partial charge in [0.2, 0.25) is 10.9 Å². The first-order valence-electron chi connectivity index (χ1n) is 6.15. The van der Waals surface area contributed by atoms with Gasteiger partial charge in [0.15, 0.2) is 5.82 Å². The summed E-state index contributed by atoms with van der Waals surface area (Å²) >= 11 is 1.37. The molecule has 6 nitrogen and oxygen atoms in total. The van der Waals surface area contributed by atoms with E-state index in [0.717, 1.165) is 5.56 Å². The number of hydrogen-bond donors (Lipinski definition) is 2. The van der Waals surface area contributed by atoms with E-state index >= 15 is 0 Å². The van der Waals surface area contributed by atoms with Crippen molar-refractivity contribution in [1.29, 1.82) is 0 Å². The second kappa shape index (κ2) is 5.84. The Bertz CT molecular complexity index is 752. The standard InChI is InChI=1S/C14H11N3O3S/c18-13(19)11-7-6-10(20-11)8-21-14-15-12(16-17-14)9-4-2-1-3-5-9/h1-7H,8H2,(H,18,19)(H,15,16,17). The van der Waals surface area contributed by atoms with Gasteiger partial charge >= 0.3 is 5.97 Å². The minimum atomic E-state index is -1.07. The second-order valence-corrected chi connectivity index (χ2v) is 5.13. The Morgan fingerprint density at radius 2 is 2.05 bits per heavy atom. The molecule has 0 aliphatic carbocycles. The van der Waals surface area contributed by atoms with Crippen LogP contribution in [0.5, 0.6) is 0 Å². The van der Waals surface area contributed by atoms with E-state index in [1.807, 2.05) is 30.3 Å². The van der Waals surface area contributed by atoms with Gasteiger partial charge in [0.05, 0.1) is 5.75 Å². The zero-order valence-corrected chi connectivity index (χ0v) is 11.6. The number of aromatic nitrogens is 3. The first kappa shape index (κ1) is 13.4. The van der Waals surface area contributed by atoms with Gasteiger partial charge in [-0.25, -0.2) is 9.78 Å². The van der Waals surface area contributed by atoms with Crippen LogP contribution in [0.3, 0.4) is 0 Å². The van der Waals surface area contributed by atoms with Gasteiger partial charge in [0.25, 0.3) is 0 Å². The molecule has 0 bridgehead atoms. The summed E-state index contributed by atoms with van der Waals surface area (Å²) in [6.07, 6.45) is 0. The Labute approximate surface area is 124 Å². The number of carboxylic acids is 1. The number of benzene rings is 1. The van der Waals surface area contributed by atoms with Gasteiger partial charge in [-0.05, 0) is 12.1 Å². The molecule has 7 heteroatoms. The lowest BCUT2D eigenvalue weighted by Crippen LogP contribution is -1.91. The summed E-state index contributed by atoms with van der Waals surface area (Å²) in [4.78, 5) is 15.1. The molecule has 0 fully saturated rings. The van der Waals surface area contributed by atoms with Crippen molar-refractivity contribution in [2.75, 3.05) is 0 Å². The molecule has 0 spiro atoms. The molecule has 0 radical (unpaired) electrons. The minimum absolute atomic E-state index is 0.0643. The van der Waals surface area contributed by atoms with Crippen LogP contribution < -0.4 is 0 Å². The first-order valence-corrected chi connectivity index (χ1v) is 7.13. The first-order chi connectivity index (χ1) is 10.2. The Morgan fingerprint density at radius 3 is 2.76 bits per heavy atom. The summed E-state index contributed by atoms with van der Waals surface area (Å²) in [5.74, 6) is 0.604. The van der Waals surface area contributed by atoms with Crippen molar-refractivity contribution < 1.29 is 14.3 Å². The number of nitrogens with zero attached hydrogens (tertiary/aromatic N) is 2. The van der Waals surface area contributed by atoms with Crippen molar-refractivity contribution in [3.8, 4) is 11.4 Å². The highest BCUT2D eigenvalue weighted by Gasteiger charge is 2.11. The lowest BCUT2D eigenvalue weighted by molar-refractivity contribution is 0.0661. The lowest BCUT2D eigenvalue weighted by atomic mass is 10.2. The molecule has 0 aliphatic heterocycles.